The summed E-state index contributed by atoms with van der Waals surface area (Å²) in [5, 5.41) is 17.9. The lowest BCUT2D eigenvalue weighted by atomic mass is 9.99. The number of tetrazole rings is 1. The van der Waals surface area contributed by atoms with Crippen molar-refractivity contribution in [2.75, 3.05) is 13.1 Å². The van der Waals surface area contributed by atoms with Crippen molar-refractivity contribution in [2.24, 2.45) is 5.92 Å². The van der Waals surface area contributed by atoms with Gasteiger partial charge >= 0.3 is 0 Å². The monoisotopic (exact) mass is 352 g/mol. The van der Waals surface area contributed by atoms with Gasteiger partial charge in [-0.25, -0.2) is 0 Å². The molecule has 1 saturated heterocycles. The maximum absolute atomic E-state index is 12.7. The topological polar surface area (TPSA) is 101 Å². The Morgan fingerprint density at radius 1 is 1.35 bits per heavy atom. The van der Waals surface area contributed by atoms with Crippen LogP contribution in [0.25, 0.3) is 11.4 Å². The number of nitrogens with one attached hydrogen (secondary N) is 1. The van der Waals surface area contributed by atoms with Crippen molar-refractivity contribution in [3.05, 3.63) is 47.3 Å². The molecule has 134 valence electrons. The Balaban J connectivity index is 1.41. The fraction of sp³-hybridized carbons (Fsp3) is 0.389. The molecular weight excluding hydrogens is 332 g/mol. The lowest BCUT2D eigenvalue weighted by Gasteiger charge is -2.16. The zero-order chi connectivity index (χ0) is 17.9. The Morgan fingerprint density at radius 2 is 2.19 bits per heavy atom. The van der Waals surface area contributed by atoms with Gasteiger partial charge in [0.25, 0.3) is 0 Å². The molecule has 0 saturated carbocycles. The van der Waals surface area contributed by atoms with Gasteiger partial charge in [-0.3, -0.25) is 4.79 Å². The van der Waals surface area contributed by atoms with Crippen LogP contribution in [0.3, 0.4) is 0 Å². The van der Waals surface area contributed by atoms with Crippen LogP contribution in [0, 0.1) is 12.8 Å². The molecule has 0 bridgehead atoms. The van der Waals surface area contributed by atoms with E-state index in [1.54, 1.807) is 6.92 Å². The first kappa shape index (κ1) is 16.4. The molecule has 1 amide bonds. The molecule has 1 fully saturated rings. The van der Waals surface area contributed by atoms with E-state index in [1.807, 2.05) is 11.0 Å². The number of carbonyl (C=O) groups excluding carboxylic acids is 1. The number of benzene rings is 1. The van der Waals surface area contributed by atoms with Gasteiger partial charge in [0.15, 0.2) is 0 Å². The highest BCUT2D eigenvalue weighted by atomic mass is 16.5. The van der Waals surface area contributed by atoms with Crippen LogP contribution >= 0.6 is 0 Å². The van der Waals surface area contributed by atoms with E-state index in [9.17, 15) is 4.79 Å². The van der Waals surface area contributed by atoms with Crippen LogP contribution in [0.15, 0.2) is 34.9 Å². The SMILES string of the molecule is Cc1onc(CC(=O)N2CCC(Cc3ccccc3)C2)c1-c1nn[nH]n1. The highest BCUT2D eigenvalue weighted by molar-refractivity contribution is 5.81. The number of hydrogen-bond acceptors (Lipinski definition) is 6. The first-order chi connectivity index (χ1) is 12.7. The molecule has 1 N–H and O–H groups in total. The van der Waals surface area contributed by atoms with Gasteiger partial charge in [-0.1, -0.05) is 35.5 Å². The second-order valence-corrected chi connectivity index (χ2v) is 6.66. The number of likely N-dealkylation sites (tertiary alicyclic amines) is 1. The van der Waals surface area contributed by atoms with E-state index in [0.717, 1.165) is 25.9 Å². The van der Waals surface area contributed by atoms with Crippen LogP contribution < -0.4 is 0 Å². The van der Waals surface area contributed by atoms with E-state index in [1.165, 1.54) is 5.56 Å². The van der Waals surface area contributed by atoms with Crippen molar-refractivity contribution in [1.82, 2.24) is 30.7 Å². The van der Waals surface area contributed by atoms with Gasteiger partial charge in [0.2, 0.25) is 11.7 Å². The second-order valence-electron chi connectivity index (χ2n) is 6.66. The quantitative estimate of drug-likeness (QED) is 0.751. The lowest BCUT2D eigenvalue weighted by Crippen LogP contribution is -2.30. The fourth-order valence-electron chi connectivity index (χ4n) is 3.52. The van der Waals surface area contributed by atoms with E-state index in [2.05, 4.69) is 50.0 Å². The predicted molar refractivity (Wildman–Crippen MR) is 92.9 cm³/mol. The molecule has 2 aromatic heterocycles. The zero-order valence-electron chi connectivity index (χ0n) is 14.6. The van der Waals surface area contributed by atoms with Crippen LogP contribution in [-0.2, 0) is 17.6 Å². The Kier molecular flexibility index (Phi) is 4.47. The van der Waals surface area contributed by atoms with Gasteiger partial charge in [-0.15, -0.1) is 10.2 Å². The van der Waals surface area contributed by atoms with E-state index in [-0.39, 0.29) is 12.3 Å². The average Bonchev–Trinajstić information content (AvgIpc) is 3.38. The minimum atomic E-state index is 0.0543. The van der Waals surface area contributed by atoms with Crippen molar-refractivity contribution in [2.45, 2.75) is 26.2 Å². The minimum Gasteiger partial charge on any atom is -0.361 e. The molecule has 26 heavy (non-hydrogen) atoms. The molecule has 4 rings (SSSR count). The zero-order valence-corrected chi connectivity index (χ0v) is 14.6. The number of H-pyrrole nitrogens is 1. The van der Waals surface area contributed by atoms with Gasteiger partial charge < -0.3 is 9.42 Å². The molecule has 1 aromatic carbocycles. The predicted octanol–water partition coefficient (Wildman–Crippen LogP) is 1.80. The summed E-state index contributed by atoms with van der Waals surface area (Å²) in [6, 6.07) is 10.4. The maximum Gasteiger partial charge on any atom is 0.228 e. The summed E-state index contributed by atoms with van der Waals surface area (Å²) >= 11 is 0. The van der Waals surface area contributed by atoms with Gasteiger partial charge in [-0.05, 0) is 36.5 Å². The molecule has 1 atom stereocenters. The minimum absolute atomic E-state index is 0.0543. The molecule has 1 unspecified atom stereocenters. The molecular formula is C18H20N6O2. The normalized spacial score (nSPS) is 17.0. The average molecular weight is 352 g/mol. The van der Waals surface area contributed by atoms with Crippen molar-refractivity contribution in [1.29, 1.82) is 0 Å². The summed E-state index contributed by atoms with van der Waals surface area (Å²) in [6.07, 6.45) is 2.21. The number of nitrogens with zero attached hydrogens (tertiary/aromatic N) is 5. The summed E-state index contributed by atoms with van der Waals surface area (Å²) < 4.78 is 5.24. The number of carbonyl (C=O) groups is 1. The van der Waals surface area contributed by atoms with Crippen LogP contribution in [-0.4, -0.2) is 49.7 Å². The third-order valence-corrected chi connectivity index (χ3v) is 4.83. The summed E-state index contributed by atoms with van der Waals surface area (Å²) in [7, 11) is 0. The largest absolute Gasteiger partial charge is 0.361 e. The summed E-state index contributed by atoms with van der Waals surface area (Å²) in [6.45, 7) is 3.34. The second kappa shape index (κ2) is 7.07. The number of amides is 1. The Labute approximate surface area is 150 Å². The van der Waals surface area contributed by atoms with E-state index in [4.69, 9.17) is 4.52 Å². The Bertz CT molecular complexity index is 874. The molecule has 0 aliphatic carbocycles. The summed E-state index contributed by atoms with van der Waals surface area (Å²) in [5.74, 6) is 1.53. The van der Waals surface area contributed by atoms with Crippen molar-refractivity contribution in [3.63, 3.8) is 0 Å². The highest BCUT2D eigenvalue weighted by Gasteiger charge is 2.28. The standard InChI is InChI=1S/C18H20N6O2/c1-12-17(18-19-22-23-20-18)15(21-26-12)10-16(25)24-8-7-14(11-24)9-13-5-3-2-4-6-13/h2-6,14H,7-11H2,1H3,(H,19,20,22,23). The van der Waals surface area contributed by atoms with Gasteiger partial charge in [0.05, 0.1) is 12.0 Å². The lowest BCUT2D eigenvalue weighted by molar-refractivity contribution is -0.129. The number of rotatable bonds is 5. The smallest absolute Gasteiger partial charge is 0.228 e. The maximum atomic E-state index is 12.7. The molecule has 3 heterocycles. The van der Waals surface area contributed by atoms with Gasteiger partial charge in [0.1, 0.15) is 11.5 Å². The number of aromatic amines is 1. The third kappa shape index (κ3) is 3.35. The molecule has 1 aliphatic rings. The molecule has 1 aliphatic heterocycles. The number of aryl methyl sites for hydroxylation is 1. The molecule has 8 nitrogen and oxygen atoms in total. The highest BCUT2D eigenvalue weighted by Crippen LogP contribution is 2.26. The van der Waals surface area contributed by atoms with Crippen LogP contribution in [0.5, 0.6) is 0 Å². The van der Waals surface area contributed by atoms with Gasteiger partial charge in [-0.2, -0.15) is 5.21 Å². The number of aromatic nitrogens is 5. The molecule has 0 spiro atoms. The van der Waals surface area contributed by atoms with E-state index >= 15 is 0 Å². The number of hydrogen-bond donors (Lipinski definition) is 1. The first-order valence-corrected chi connectivity index (χ1v) is 8.71. The van der Waals surface area contributed by atoms with Crippen LogP contribution in [0.2, 0.25) is 0 Å². The summed E-state index contributed by atoms with van der Waals surface area (Å²) in [5.41, 5.74) is 2.52. The molecule has 8 heteroatoms. The summed E-state index contributed by atoms with van der Waals surface area (Å²) in [4.78, 5) is 14.6. The first-order valence-electron chi connectivity index (χ1n) is 8.71. The van der Waals surface area contributed by atoms with Crippen molar-refractivity contribution >= 4 is 5.91 Å². The third-order valence-electron chi connectivity index (χ3n) is 4.83. The molecule has 0 radical (unpaired) electrons. The van der Waals surface area contributed by atoms with Crippen molar-refractivity contribution < 1.29 is 9.32 Å². The fourth-order valence-corrected chi connectivity index (χ4v) is 3.52. The van der Waals surface area contributed by atoms with E-state index < -0.39 is 0 Å². The van der Waals surface area contributed by atoms with Crippen molar-refractivity contribution in [3.8, 4) is 11.4 Å². The molecule has 3 aromatic rings. The van der Waals surface area contributed by atoms with Crippen LogP contribution in [0.4, 0.5) is 0 Å². The Morgan fingerprint density at radius 3 is 2.96 bits per heavy atom. The van der Waals surface area contributed by atoms with Gasteiger partial charge in [0, 0.05) is 13.1 Å². The van der Waals surface area contributed by atoms with Crippen LogP contribution in [0.1, 0.15) is 23.4 Å². The van der Waals surface area contributed by atoms with E-state index in [0.29, 0.717) is 28.8 Å². The Hall–Kier alpha value is -3.03.